The van der Waals surface area contributed by atoms with Crippen molar-refractivity contribution in [2.45, 2.75) is 31.1 Å². The van der Waals surface area contributed by atoms with Crippen LogP contribution in [0.2, 0.25) is 0 Å². The highest BCUT2D eigenvalue weighted by atomic mass is 19.1. The molecule has 0 bridgehead atoms. The van der Waals surface area contributed by atoms with Crippen molar-refractivity contribution in [1.29, 1.82) is 0 Å². The quantitative estimate of drug-likeness (QED) is 0.896. The van der Waals surface area contributed by atoms with E-state index in [-0.39, 0.29) is 23.9 Å². The van der Waals surface area contributed by atoms with Gasteiger partial charge >= 0.3 is 6.03 Å². The number of nitrogens with zero attached hydrogens (tertiary/aromatic N) is 1. The van der Waals surface area contributed by atoms with Crippen LogP contribution in [-0.2, 0) is 5.41 Å². The third-order valence-electron chi connectivity index (χ3n) is 5.05. The van der Waals surface area contributed by atoms with Crippen LogP contribution in [0.4, 0.5) is 9.18 Å². The van der Waals surface area contributed by atoms with Gasteiger partial charge in [0.05, 0.1) is 0 Å². The van der Waals surface area contributed by atoms with Crippen molar-refractivity contribution in [2.75, 3.05) is 26.2 Å². The number of piperidine rings is 1. The number of urea groups is 1. The topological polar surface area (TPSA) is 52.6 Å². The van der Waals surface area contributed by atoms with Gasteiger partial charge in [0, 0.05) is 31.7 Å². The third kappa shape index (κ3) is 3.24. The molecule has 2 fully saturated rings. The van der Waals surface area contributed by atoms with Gasteiger partial charge in [-0.25, -0.2) is 9.18 Å². The zero-order valence-corrected chi connectivity index (χ0v) is 12.7. The number of halogens is 1. The standard InChI is InChI=1S/C17H23FN2O2/c18-15-3-1-14(2-4-15)17(7-8-17)12-19-16(22)20-9-5-13(11-21)6-10-20/h1-4,13,21H,5-12H2,(H,19,22). The van der Waals surface area contributed by atoms with Crippen LogP contribution in [0.25, 0.3) is 0 Å². The van der Waals surface area contributed by atoms with Gasteiger partial charge in [0.15, 0.2) is 0 Å². The van der Waals surface area contributed by atoms with Crippen molar-refractivity contribution >= 4 is 6.03 Å². The smallest absolute Gasteiger partial charge is 0.317 e. The molecule has 1 aromatic rings. The molecular formula is C17H23FN2O2. The Morgan fingerprint density at radius 2 is 1.91 bits per heavy atom. The number of amides is 2. The van der Waals surface area contributed by atoms with Gasteiger partial charge in [0.25, 0.3) is 0 Å². The molecule has 0 spiro atoms. The van der Waals surface area contributed by atoms with Gasteiger partial charge in [-0.05, 0) is 49.3 Å². The van der Waals surface area contributed by atoms with Crippen LogP contribution in [0.15, 0.2) is 24.3 Å². The molecule has 1 aromatic carbocycles. The van der Waals surface area contributed by atoms with Crippen molar-refractivity contribution in [2.24, 2.45) is 5.92 Å². The Kier molecular flexibility index (Phi) is 4.34. The normalized spacial score (nSPS) is 20.7. The number of likely N-dealkylation sites (tertiary alicyclic amines) is 1. The van der Waals surface area contributed by atoms with E-state index in [1.54, 1.807) is 0 Å². The van der Waals surface area contributed by atoms with E-state index in [4.69, 9.17) is 5.11 Å². The lowest BCUT2D eigenvalue weighted by Gasteiger charge is -2.31. The second-order valence-corrected chi connectivity index (χ2v) is 6.56. The van der Waals surface area contributed by atoms with Crippen LogP contribution >= 0.6 is 0 Å². The number of carbonyl (C=O) groups is 1. The van der Waals surface area contributed by atoms with E-state index in [1.807, 2.05) is 17.0 Å². The van der Waals surface area contributed by atoms with Gasteiger partial charge < -0.3 is 15.3 Å². The van der Waals surface area contributed by atoms with Crippen LogP contribution in [0, 0.1) is 11.7 Å². The number of carbonyl (C=O) groups excluding carboxylic acids is 1. The molecule has 4 nitrogen and oxygen atoms in total. The van der Waals surface area contributed by atoms with Crippen molar-refractivity contribution < 1.29 is 14.3 Å². The molecule has 1 aliphatic heterocycles. The lowest BCUT2D eigenvalue weighted by Crippen LogP contribution is -2.46. The number of benzene rings is 1. The lowest BCUT2D eigenvalue weighted by molar-refractivity contribution is 0.137. The van der Waals surface area contributed by atoms with Gasteiger partial charge in [-0.2, -0.15) is 0 Å². The zero-order valence-electron chi connectivity index (χ0n) is 12.7. The molecular weight excluding hydrogens is 283 g/mol. The molecule has 0 aromatic heterocycles. The fraction of sp³-hybridized carbons (Fsp3) is 0.588. The first-order valence-electron chi connectivity index (χ1n) is 8.03. The van der Waals surface area contributed by atoms with E-state index in [0.717, 1.165) is 31.2 Å². The zero-order chi connectivity index (χ0) is 15.6. The number of nitrogens with one attached hydrogen (secondary N) is 1. The number of aliphatic hydroxyl groups excluding tert-OH is 1. The Morgan fingerprint density at radius 1 is 1.27 bits per heavy atom. The molecule has 2 aliphatic rings. The number of hydrogen-bond donors (Lipinski definition) is 2. The predicted molar refractivity (Wildman–Crippen MR) is 82.1 cm³/mol. The highest BCUT2D eigenvalue weighted by Gasteiger charge is 2.44. The minimum absolute atomic E-state index is 0.00716. The van der Waals surface area contributed by atoms with Crippen LogP contribution in [-0.4, -0.2) is 42.3 Å². The summed E-state index contributed by atoms with van der Waals surface area (Å²) in [5, 5.41) is 12.2. The molecule has 1 aliphatic carbocycles. The highest BCUT2D eigenvalue weighted by Crippen LogP contribution is 2.47. The summed E-state index contributed by atoms with van der Waals surface area (Å²) in [7, 11) is 0. The Bertz CT molecular complexity index is 520. The molecule has 5 heteroatoms. The van der Waals surface area contributed by atoms with Crippen LogP contribution in [0.5, 0.6) is 0 Å². The summed E-state index contributed by atoms with van der Waals surface area (Å²) < 4.78 is 13.0. The maximum atomic E-state index is 13.0. The largest absolute Gasteiger partial charge is 0.396 e. The van der Waals surface area contributed by atoms with Crippen LogP contribution < -0.4 is 5.32 Å². The first kappa shape index (κ1) is 15.3. The van der Waals surface area contributed by atoms with Crippen molar-refractivity contribution in [3.63, 3.8) is 0 Å². The van der Waals surface area contributed by atoms with E-state index in [1.165, 1.54) is 12.1 Å². The van der Waals surface area contributed by atoms with Crippen LogP contribution in [0.1, 0.15) is 31.2 Å². The first-order valence-corrected chi connectivity index (χ1v) is 8.03. The number of rotatable bonds is 4. The van der Waals surface area contributed by atoms with E-state index in [2.05, 4.69) is 5.32 Å². The second-order valence-electron chi connectivity index (χ2n) is 6.56. The third-order valence-corrected chi connectivity index (χ3v) is 5.05. The Hall–Kier alpha value is -1.62. The Balaban J connectivity index is 1.52. The summed E-state index contributed by atoms with van der Waals surface area (Å²) in [6.07, 6.45) is 3.80. The van der Waals surface area contributed by atoms with E-state index in [0.29, 0.717) is 25.6 Å². The molecule has 2 N–H and O–H groups in total. The van der Waals surface area contributed by atoms with Crippen molar-refractivity contribution in [1.82, 2.24) is 10.2 Å². The second kappa shape index (κ2) is 6.24. The summed E-state index contributed by atoms with van der Waals surface area (Å²) in [5.74, 6) is 0.105. The highest BCUT2D eigenvalue weighted by molar-refractivity contribution is 5.74. The summed E-state index contributed by atoms with van der Waals surface area (Å²) >= 11 is 0. The SMILES string of the molecule is O=C(NCC1(c2ccc(F)cc2)CC1)N1CCC(CO)CC1. The number of hydrogen-bond acceptors (Lipinski definition) is 2. The van der Waals surface area contributed by atoms with E-state index in [9.17, 15) is 9.18 Å². The molecule has 1 saturated heterocycles. The monoisotopic (exact) mass is 306 g/mol. The van der Waals surface area contributed by atoms with E-state index < -0.39 is 0 Å². The molecule has 1 heterocycles. The lowest BCUT2D eigenvalue weighted by atomic mass is 9.96. The van der Waals surface area contributed by atoms with Gasteiger partial charge in [0.2, 0.25) is 0 Å². The average molecular weight is 306 g/mol. The molecule has 1 saturated carbocycles. The van der Waals surface area contributed by atoms with Gasteiger partial charge in [0.1, 0.15) is 5.82 Å². The Morgan fingerprint density at radius 3 is 2.45 bits per heavy atom. The molecule has 2 amide bonds. The van der Waals surface area contributed by atoms with E-state index >= 15 is 0 Å². The maximum absolute atomic E-state index is 13.0. The fourth-order valence-electron chi connectivity index (χ4n) is 3.20. The van der Waals surface area contributed by atoms with Crippen molar-refractivity contribution in [3.05, 3.63) is 35.6 Å². The maximum Gasteiger partial charge on any atom is 0.317 e. The van der Waals surface area contributed by atoms with Gasteiger partial charge in [-0.15, -0.1) is 0 Å². The van der Waals surface area contributed by atoms with Gasteiger partial charge in [-0.1, -0.05) is 12.1 Å². The van der Waals surface area contributed by atoms with Crippen molar-refractivity contribution in [3.8, 4) is 0 Å². The minimum Gasteiger partial charge on any atom is -0.396 e. The number of aliphatic hydroxyl groups is 1. The van der Waals surface area contributed by atoms with Gasteiger partial charge in [-0.3, -0.25) is 0 Å². The summed E-state index contributed by atoms with van der Waals surface area (Å²) in [6, 6.07) is 6.58. The fourth-order valence-corrected chi connectivity index (χ4v) is 3.20. The molecule has 0 atom stereocenters. The minimum atomic E-state index is -0.227. The van der Waals surface area contributed by atoms with Crippen LogP contribution in [0.3, 0.4) is 0 Å². The molecule has 3 rings (SSSR count). The first-order chi connectivity index (χ1) is 10.6. The summed E-state index contributed by atoms with van der Waals surface area (Å²) in [4.78, 5) is 14.1. The summed E-state index contributed by atoms with van der Waals surface area (Å²) in [6.45, 7) is 2.24. The predicted octanol–water partition coefficient (Wildman–Crippen LogP) is 2.27. The summed E-state index contributed by atoms with van der Waals surface area (Å²) in [5.41, 5.74) is 1.10. The Labute approximate surface area is 130 Å². The molecule has 0 unspecified atom stereocenters. The molecule has 22 heavy (non-hydrogen) atoms. The molecule has 120 valence electrons. The molecule has 0 radical (unpaired) electrons. The average Bonchev–Trinajstić information content (AvgIpc) is 3.34.